The topological polar surface area (TPSA) is 0 Å². The molecule has 0 heteroatoms. The molecule has 1 radical (unpaired) electrons. The first-order valence-electron chi connectivity index (χ1n) is 4.01. The minimum absolute atomic E-state index is 1.11. The van der Waals surface area contributed by atoms with E-state index in [1.54, 1.807) is 6.08 Å². The van der Waals surface area contributed by atoms with E-state index in [2.05, 4.69) is 26.8 Å². The second kappa shape index (κ2) is 5.96. The summed E-state index contributed by atoms with van der Waals surface area (Å²) in [6, 6.07) is 0. The predicted molar refractivity (Wildman–Crippen MR) is 51.3 cm³/mol. The monoisotopic (exact) mass is 149 g/mol. The Kier molecular flexibility index (Phi) is 5.54. The number of hydrogen-bond donors (Lipinski definition) is 0. The van der Waals surface area contributed by atoms with Gasteiger partial charge in [-0.15, -0.1) is 0 Å². The summed E-state index contributed by atoms with van der Waals surface area (Å²) >= 11 is 0. The van der Waals surface area contributed by atoms with Gasteiger partial charge in [-0.3, -0.25) is 0 Å². The van der Waals surface area contributed by atoms with Crippen molar-refractivity contribution in [2.45, 2.75) is 33.6 Å². The SMILES string of the molecule is [CH]=CC=C(C)CCC=C(C)C. The lowest BCUT2D eigenvalue weighted by atomic mass is 10.1. The molecule has 0 aromatic heterocycles. The van der Waals surface area contributed by atoms with E-state index in [1.807, 2.05) is 6.08 Å². The zero-order valence-corrected chi connectivity index (χ0v) is 7.72. The maximum absolute atomic E-state index is 5.24. The molecular weight excluding hydrogens is 132 g/mol. The van der Waals surface area contributed by atoms with Gasteiger partial charge in [-0.2, -0.15) is 0 Å². The van der Waals surface area contributed by atoms with Crippen molar-refractivity contribution in [3.63, 3.8) is 0 Å². The average Bonchev–Trinajstić information content (AvgIpc) is 1.87. The molecule has 61 valence electrons. The number of hydrogen-bond acceptors (Lipinski definition) is 0. The largest absolute Gasteiger partial charge is 0.0856 e. The van der Waals surface area contributed by atoms with Crippen LogP contribution in [0.3, 0.4) is 0 Å². The summed E-state index contributed by atoms with van der Waals surface area (Å²) in [7, 11) is 0. The summed E-state index contributed by atoms with van der Waals surface area (Å²) in [5.41, 5.74) is 2.72. The summed E-state index contributed by atoms with van der Waals surface area (Å²) in [6.45, 7) is 11.6. The lowest BCUT2D eigenvalue weighted by Crippen LogP contribution is -1.75. The van der Waals surface area contributed by atoms with Crippen LogP contribution < -0.4 is 0 Å². The third-order valence-corrected chi connectivity index (χ3v) is 1.47. The van der Waals surface area contributed by atoms with Gasteiger partial charge in [0.05, 0.1) is 0 Å². The molecule has 0 fully saturated rings. The first-order chi connectivity index (χ1) is 5.16. The van der Waals surface area contributed by atoms with Crippen molar-refractivity contribution in [2.75, 3.05) is 0 Å². The lowest BCUT2D eigenvalue weighted by Gasteiger charge is -1.95. The molecule has 0 aliphatic carbocycles. The fraction of sp³-hybridized carbons (Fsp3) is 0.455. The van der Waals surface area contributed by atoms with Crippen molar-refractivity contribution in [1.82, 2.24) is 0 Å². The second-order valence-electron chi connectivity index (χ2n) is 3.03. The smallest absolute Gasteiger partial charge is 0.0285 e. The van der Waals surface area contributed by atoms with Gasteiger partial charge in [0, 0.05) is 0 Å². The van der Waals surface area contributed by atoms with Crippen molar-refractivity contribution in [3.05, 3.63) is 36.0 Å². The van der Waals surface area contributed by atoms with Crippen LogP contribution in [0.25, 0.3) is 0 Å². The van der Waals surface area contributed by atoms with Gasteiger partial charge in [-0.05, 0) is 33.6 Å². The molecule has 0 atom stereocenters. The van der Waals surface area contributed by atoms with Gasteiger partial charge in [0.25, 0.3) is 0 Å². The Bertz CT molecular complexity index is 166. The van der Waals surface area contributed by atoms with Crippen LogP contribution in [0.2, 0.25) is 0 Å². The molecule has 0 amide bonds. The quantitative estimate of drug-likeness (QED) is 0.422. The molecule has 0 aromatic rings. The fourth-order valence-electron chi connectivity index (χ4n) is 0.836. The summed E-state index contributed by atoms with van der Waals surface area (Å²) in [6.07, 6.45) is 8.03. The molecular formula is C11H17. The Morgan fingerprint density at radius 1 is 1.27 bits per heavy atom. The summed E-state index contributed by atoms with van der Waals surface area (Å²) in [5.74, 6) is 0. The molecule has 0 rings (SSSR count). The molecule has 0 nitrogen and oxygen atoms in total. The van der Waals surface area contributed by atoms with Crippen LogP contribution in [0.4, 0.5) is 0 Å². The molecule has 0 spiro atoms. The molecule has 0 aliphatic heterocycles. The van der Waals surface area contributed by atoms with Crippen LogP contribution >= 0.6 is 0 Å². The number of allylic oxidation sites excluding steroid dienone is 5. The normalized spacial score (nSPS) is 11.0. The Morgan fingerprint density at radius 2 is 1.91 bits per heavy atom. The lowest BCUT2D eigenvalue weighted by molar-refractivity contribution is 0.967. The van der Waals surface area contributed by atoms with Crippen molar-refractivity contribution in [3.8, 4) is 0 Å². The van der Waals surface area contributed by atoms with Gasteiger partial charge < -0.3 is 0 Å². The van der Waals surface area contributed by atoms with Crippen LogP contribution in [0.1, 0.15) is 33.6 Å². The summed E-state index contributed by atoms with van der Waals surface area (Å²) in [4.78, 5) is 0. The zero-order valence-electron chi connectivity index (χ0n) is 7.72. The Morgan fingerprint density at radius 3 is 2.36 bits per heavy atom. The molecule has 0 bridgehead atoms. The minimum atomic E-state index is 1.11. The number of rotatable bonds is 4. The maximum atomic E-state index is 5.24. The molecule has 0 saturated heterocycles. The van der Waals surface area contributed by atoms with Crippen LogP contribution in [0.15, 0.2) is 29.4 Å². The van der Waals surface area contributed by atoms with Crippen LogP contribution in [-0.4, -0.2) is 0 Å². The van der Waals surface area contributed by atoms with Crippen molar-refractivity contribution >= 4 is 0 Å². The van der Waals surface area contributed by atoms with E-state index in [4.69, 9.17) is 6.58 Å². The van der Waals surface area contributed by atoms with Crippen molar-refractivity contribution in [1.29, 1.82) is 0 Å². The molecule has 0 heterocycles. The van der Waals surface area contributed by atoms with Gasteiger partial charge in [0.15, 0.2) is 0 Å². The third kappa shape index (κ3) is 7.11. The first-order valence-corrected chi connectivity index (χ1v) is 4.01. The van der Waals surface area contributed by atoms with Crippen molar-refractivity contribution in [2.24, 2.45) is 0 Å². The van der Waals surface area contributed by atoms with Gasteiger partial charge in [-0.1, -0.05) is 36.0 Å². The minimum Gasteiger partial charge on any atom is -0.0856 e. The van der Waals surface area contributed by atoms with E-state index >= 15 is 0 Å². The predicted octanol–water partition coefficient (Wildman–Crippen LogP) is 3.67. The van der Waals surface area contributed by atoms with Crippen molar-refractivity contribution < 1.29 is 0 Å². The van der Waals surface area contributed by atoms with Crippen LogP contribution in [-0.2, 0) is 0 Å². The van der Waals surface area contributed by atoms with E-state index in [0.29, 0.717) is 0 Å². The highest BCUT2D eigenvalue weighted by Crippen LogP contribution is 2.05. The molecule has 0 N–H and O–H groups in total. The highest BCUT2D eigenvalue weighted by atomic mass is 13.9. The average molecular weight is 149 g/mol. The Hall–Kier alpha value is -0.780. The Labute approximate surface area is 70.3 Å². The molecule has 11 heavy (non-hydrogen) atoms. The third-order valence-electron chi connectivity index (χ3n) is 1.47. The second-order valence-corrected chi connectivity index (χ2v) is 3.03. The molecule has 0 aromatic carbocycles. The highest BCUT2D eigenvalue weighted by molar-refractivity contribution is 5.08. The molecule has 0 unspecified atom stereocenters. The van der Waals surface area contributed by atoms with Gasteiger partial charge in [-0.25, -0.2) is 0 Å². The van der Waals surface area contributed by atoms with Gasteiger partial charge >= 0.3 is 0 Å². The van der Waals surface area contributed by atoms with Crippen LogP contribution in [0, 0.1) is 6.58 Å². The standard InChI is InChI=1S/C11H17/c1-5-7-11(4)9-6-8-10(2)3/h1,5,7-8H,6,9H2,2-4H3. The highest BCUT2D eigenvalue weighted by Gasteiger charge is 1.85. The summed E-state index contributed by atoms with van der Waals surface area (Å²) < 4.78 is 0. The van der Waals surface area contributed by atoms with Gasteiger partial charge in [0.1, 0.15) is 0 Å². The van der Waals surface area contributed by atoms with Gasteiger partial charge in [0.2, 0.25) is 0 Å². The summed E-state index contributed by atoms with van der Waals surface area (Å²) in [5, 5.41) is 0. The zero-order chi connectivity index (χ0) is 8.69. The Balaban J connectivity index is 3.63. The van der Waals surface area contributed by atoms with E-state index in [0.717, 1.165) is 12.8 Å². The first kappa shape index (κ1) is 10.2. The van der Waals surface area contributed by atoms with E-state index in [-0.39, 0.29) is 0 Å². The fourth-order valence-corrected chi connectivity index (χ4v) is 0.836. The maximum Gasteiger partial charge on any atom is -0.0285 e. The van der Waals surface area contributed by atoms with Crippen LogP contribution in [0.5, 0.6) is 0 Å². The molecule has 0 aliphatic rings. The van der Waals surface area contributed by atoms with E-state index < -0.39 is 0 Å². The van der Waals surface area contributed by atoms with E-state index in [1.165, 1.54) is 11.1 Å². The molecule has 0 saturated carbocycles. The van der Waals surface area contributed by atoms with E-state index in [9.17, 15) is 0 Å².